The number of carbonyl (C=O) groups excluding carboxylic acids is 2. The van der Waals surface area contributed by atoms with Gasteiger partial charge in [-0.1, -0.05) is 0 Å². The van der Waals surface area contributed by atoms with Crippen molar-refractivity contribution in [1.82, 2.24) is 1.97 Å². The third-order valence-electron chi connectivity index (χ3n) is 5.56. The molecule has 0 radical (unpaired) electrons. The minimum atomic E-state index is -1.64. The minimum Gasteiger partial charge on any atom is -1.00 e. The summed E-state index contributed by atoms with van der Waals surface area (Å²) in [6, 6.07) is 0.855. The Morgan fingerprint density at radius 3 is 1.38 bits per heavy atom. The molecule has 0 saturated heterocycles. The van der Waals surface area contributed by atoms with Crippen LogP contribution in [0.5, 0.6) is 0 Å². The largest absolute Gasteiger partial charge is 1.00 e. The Morgan fingerprint density at radius 1 is 0.731 bits per heavy atom. The van der Waals surface area contributed by atoms with Gasteiger partial charge in [0.1, 0.15) is 0 Å². The summed E-state index contributed by atoms with van der Waals surface area (Å²) in [5.74, 6) is 0.672. The average molecular weight is 500 g/mol. The molecule has 0 aromatic heterocycles. The summed E-state index contributed by atoms with van der Waals surface area (Å²) in [7, 11) is 0. The van der Waals surface area contributed by atoms with Gasteiger partial charge in [0.2, 0.25) is 0 Å². The summed E-state index contributed by atoms with van der Waals surface area (Å²) in [5.41, 5.74) is 0. The quantitative estimate of drug-likeness (QED) is 0.511. The van der Waals surface area contributed by atoms with Crippen molar-refractivity contribution < 1.29 is 51.8 Å². The molecule has 0 atom stereocenters. The smallest absolute Gasteiger partial charge is 1.00 e. The van der Waals surface area contributed by atoms with Gasteiger partial charge < -0.3 is 4.70 Å². The first-order chi connectivity index (χ1) is 12.2. The Balaban J connectivity index is 0.00000338. The molecule has 2 rings (SSSR count). The molecule has 0 heterocycles. The Hall–Kier alpha value is 0.221. The molecular formula is C20H36FN2NdO2. The normalized spacial score (nSPS) is 18.5. The van der Waals surface area contributed by atoms with Crippen LogP contribution in [0.4, 0.5) is 0 Å². The Labute approximate surface area is 180 Å². The van der Waals surface area contributed by atoms with Crippen LogP contribution in [0.15, 0.2) is 0 Å². The standard InChI is InChI=1S/2C10H19NO.FH.Nd/c2*1-2-6-10(12)11-9-7-4-3-5-8-9;;/h2*9H,2-8H2,1H3,(H,11,12);1H;/q;;;+3/p-3. The summed E-state index contributed by atoms with van der Waals surface area (Å²) in [5, 5.41) is 0. The van der Waals surface area contributed by atoms with Crippen molar-refractivity contribution in [3.8, 4) is 0 Å². The summed E-state index contributed by atoms with van der Waals surface area (Å²) < 4.78 is 4.54. The van der Waals surface area contributed by atoms with Gasteiger partial charge in [0.15, 0.2) is 0 Å². The van der Waals surface area contributed by atoms with Gasteiger partial charge >= 0.3 is 177 Å². The van der Waals surface area contributed by atoms with Gasteiger partial charge in [-0.3, -0.25) is 0 Å². The molecule has 2 aliphatic carbocycles. The number of halogens is 1. The predicted octanol–water partition coefficient (Wildman–Crippen LogP) is 1.83. The zero-order valence-electron chi connectivity index (χ0n) is 16.6. The van der Waals surface area contributed by atoms with E-state index in [0.29, 0.717) is 36.7 Å². The zero-order valence-corrected chi connectivity index (χ0v) is 19.9. The summed E-state index contributed by atoms with van der Waals surface area (Å²) in [6.07, 6.45) is 15.4. The molecule has 6 heteroatoms. The Kier molecular flexibility index (Phi) is 12.5. The Bertz CT molecular complexity index is 386. The van der Waals surface area contributed by atoms with Crippen LogP contribution in [0.2, 0.25) is 0 Å². The number of amides is 2. The molecule has 2 aliphatic rings. The maximum atomic E-state index is 12.9. The van der Waals surface area contributed by atoms with E-state index in [4.69, 9.17) is 0 Å². The molecule has 4 nitrogen and oxygen atoms in total. The summed E-state index contributed by atoms with van der Waals surface area (Å²) in [6.45, 7) is 4.18. The molecule has 26 heavy (non-hydrogen) atoms. The van der Waals surface area contributed by atoms with E-state index in [2.05, 4.69) is 15.8 Å². The van der Waals surface area contributed by atoms with Crippen LogP contribution in [0.25, 0.3) is 0 Å². The molecule has 0 unspecified atom stereocenters. The molecule has 0 N–H and O–H groups in total. The fourth-order valence-electron chi connectivity index (χ4n) is 4.15. The first-order valence-corrected chi connectivity index (χ1v) is 13.4. The molecule has 0 aromatic carbocycles. The van der Waals surface area contributed by atoms with Gasteiger partial charge in [0.25, 0.3) is 0 Å². The van der Waals surface area contributed by atoms with Gasteiger partial charge in [-0.2, -0.15) is 0 Å². The van der Waals surface area contributed by atoms with E-state index >= 15 is 0 Å². The van der Waals surface area contributed by atoms with Crippen LogP contribution >= 0.6 is 0 Å². The van der Waals surface area contributed by atoms with E-state index in [0.717, 1.165) is 38.5 Å². The van der Waals surface area contributed by atoms with E-state index in [9.17, 15) is 9.59 Å². The molecule has 0 bridgehead atoms. The Morgan fingerprint density at radius 2 is 1.08 bits per heavy atom. The minimum absolute atomic E-state index is 0. The van der Waals surface area contributed by atoms with Gasteiger partial charge in [0, 0.05) is 0 Å². The summed E-state index contributed by atoms with van der Waals surface area (Å²) in [4.78, 5) is 25.8. The van der Waals surface area contributed by atoms with E-state index in [1.807, 2.05) is 0 Å². The number of nitrogens with zero attached hydrogens (tertiary/aromatic N) is 2. The van der Waals surface area contributed by atoms with Crippen molar-refractivity contribution in [3.05, 3.63) is 0 Å². The molecule has 149 valence electrons. The van der Waals surface area contributed by atoms with Crippen molar-refractivity contribution in [2.75, 3.05) is 0 Å². The van der Waals surface area contributed by atoms with Crippen molar-refractivity contribution >= 4 is 11.8 Å². The summed E-state index contributed by atoms with van der Waals surface area (Å²) >= 11 is -1.64. The maximum absolute atomic E-state index is 12.9. The molecule has 2 fully saturated rings. The van der Waals surface area contributed by atoms with E-state index in [1.165, 1.54) is 38.5 Å². The van der Waals surface area contributed by atoms with E-state index in [1.54, 1.807) is 0 Å². The van der Waals surface area contributed by atoms with Crippen LogP contribution in [-0.2, 0) is 9.59 Å². The second-order valence-electron chi connectivity index (χ2n) is 7.71. The number of rotatable bonds is 8. The molecular weight excluding hydrogens is 463 g/mol. The first kappa shape index (κ1) is 24.3. The predicted molar refractivity (Wildman–Crippen MR) is 97.3 cm³/mol. The average Bonchev–Trinajstić information content (AvgIpc) is 2.64. The molecule has 0 aliphatic heterocycles. The van der Waals surface area contributed by atoms with Crippen molar-refractivity contribution in [1.29, 1.82) is 0 Å². The van der Waals surface area contributed by atoms with Gasteiger partial charge in [-0.25, -0.2) is 0 Å². The van der Waals surface area contributed by atoms with Crippen LogP contribution in [-0.4, -0.2) is 25.9 Å². The van der Waals surface area contributed by atoms with Crippen LogP contribution in [0.1, 0.15) is 104 Å². The second kappa shape index (κ2) is 13.4. The van der Waals surface area contributed by atoms with Gasteiger partial charge in [-0.05, 0) is 0 Å². The first-order valence-electron chi connectivity index (χ1n) is 10.6. The monoisotopic (exact) mass is 497 g/mol. The maximum Gasteiger partial charge on any atom is -1.00 e. The third-order valence-corrected chi connectivity index (χ3v) is 10.9. The van der Waals surface area contributed by atoms with Crippen molar-refractivity contribution in [3.63, 3.8) is 0 Å². The van der Waals surface area contributed by atoms with Crippen molar-refractivity contribution in [2.24, 2.45) is 0 Å². The third kappa shape index (κ3) is 7.33. The zero-order chi connectivity index (χ0) is 18.1. The van der Waals surface area contributed by atoms with Crippen LogP contribution in [0.3, 0.4) is 0 Å². The fraction of sp³-hybridized carbons (Fsp3) is 0.900. The van der Waals surface area contributed by atoms with Gasteiger partial charge in [-0.15, -0.1) is 0 Å². The fourth-order valence-corrected chi connectivity index (χ4v) is 9.03. The van der Waals surface area contributed by atoms with E-state index < -0.39 is 37.5 Å². The molecule has 0 spiro atoms. The number of hydrogen-bond acceptors (Lipinski definition) is 2. The van der Waals surface area contributed by atoms with Crippen molar-refractivity contribution in [2.45, 2.75) is 116 Å². The molecule has 0 aromatic rings. The second-order valence-corrected chi connectivity index (χ2v) is 11.4. The van der Waals surface area contributed by atoms with E-state index in [-0.39, 0.29) is 4.70 Å². The number of carbonyl (C=O) groups is 2. The molecule has 2 amide bonds. The topological polar surface area (TPSA) is 40.6 Å². The van der Waals surface area contributed by atoms with Crippen LogP contribution in [0, 0.1) is 37.5 Å². The van der Waals surface area contributed by atoms with Crippen LogP contribution < -0.4 is 4.70 Å². The number of hydrogen-bond donors (Lipinski definition) is 0. The van der Waals surface area contributed by atoms with Gasteiger partial charge in [0.05, 0.1) is 0 Å². The molecule has 2 saturated carbocycles. The SMILES string of the molecule is CCCC(=O)[N]([Nd+][N](C(=O)CCC)C1CCCCC1)C1CCCCC1.[F-].